The average molecular weight is 526 g/mol. The van der Waals surface area contributed by atoms with Gasteiger partial charge in [-0.25, -0.2) is 4.98 Å². The number of rotatable bonds is 11. The summed E-state index contributed by atoms with van der Waals surface area (Å²) < 4.78 is 14.7. The number of thioether (sulfide) groups is 1. The summed E-state index contributed by atoms with van der Waals surface area (Å²) >= 11 is 1.63. The van der Waals surface area contributed by atoms with Gasteiger partial charge in [0.1, 0.15) is 0 Å². The molecule has 2 heterocycles. The predicted molar refractivity (Wildman–Crippen MR) is 139 cm³/mol. The monoisotopic (exact) mass is 525 g/mol. The largest absolute Gasteiger partial charge is 0.481 e. The molecule has 0 spiro atoms. The molecule has 9 nitrogen and oxygen atoms in total. The molecule has 0 radical (unpaired) electrons. The number of aryl methyl sites for hydroxylation is 1. The van der Waals surface area contributed by atoms with Gasteiger partial charge in [0.25, 0.3) is 0 Å². The second-order valence-electron chi connectivity index (χ2n) is 8.90. The number of aliphatic carboxylic acids is 1. The number of ether oxygens (including phenoxy) is 2. The van der Waals surface area contributed by atoms with Crippen LogP contribution in [0.1, 0.15) is 54.8 Å². The smallest absolute Gasteiger partial charge is 0.303 e. The molecule has 37 heavy (non-hydrogen) atoms. The van der Waals surface area contributed by atoms with Crippen LogP contribution in [0.5, 0.6) is 0 Å². The SMILES string of the molecule is Cn1ccnc1SC[C@H]1C[C@@H](c2ccc(CO)cc2)O[C@@H](c2ccc(NC(=O)CCCC(=O)O)cc2)O1. The highest BCUT2D eigenvalue weighted by atomic mass is 32.2. The predicted octanol–water partition coefficient (Wildman–Crippen LogP) is 4.44. The molecule has 4 rings (SSSR count). The first-order valence-corrected chi connectivity index (χ1v) is 13.1. The van der Waals surface area contributed by atoms with Gasteiger partial charge in [0, 0.05) is 55.7 Å². The van der Waals surface area contributed by atoms with Crippen LogP contribution in [0, 0.1) is 0 Å². The fourth-order valence-corrected chi connectivity index (χ4v) is 4.98. The van der Waals surface area contributed by atoms with Crippen LogP contribution in [0.25, 0.3) is 0 Å². The Morgan fingerprint density at radius 3 is 2.46 bits per heavy atom. The normalized spacial score (nSPS) is 19.5. The van der Waals surface area contributed by atoms with Gasteiger partial charge in [0.05, 0.1) is 18.8 Å². The van der Waals surface area contributed by atoms with Crippen molar-refractivity contribution in [1.29, 1.82) is 0 Å². The molecule has 2 aromatic carbocycles. The van der Waals surface area contributed by atoms with E-state index in [-0.39, 0.29) is 37.6 Å². The fraction of sp³-hybridized carbons (Fsp3) is 0.370. The Balaban J connectivity index is 1.44. The van der Waals surface area contributed by atoms with Crippen LogP contribution in [-0.4, -0.2) is 43.5 Å². The summed E-state index contributed by atoms with van der Waals surface area (Å²) in [5, 5.41) is 21.8. The lowest BCUT2D eigenvalue weighted by atomic mass is 10.0. The van der Waals surface area contributed by atoms with E-state index in [1.54, 1.807) is 30.1 Å². The maximum Gasteiger partial charge on any atom is 0.303 e. The van der Waals surface area contributed by atoms with E-state index in [2.05, 4.69) is 10.3 Å². The molecule has 0 aliphatic carbocycles. The maximum absolute atomic E-state index is 12.1. The maximum atomic E-state index is 12.1. The molecule has 1 fully saturated rings. The Bertz CT molecular complexity index is 1180. The van der Waals surface area contributed by atoms with Gasteiger partial charge in [-0.1, -0.05) is 48.2 Å². The number of hydrogen-bond donors (Lipinski definition) is 3. The third kappa shape index (κ3) is 7.65. The zero-order valence-electron chi connectivity index (χ0n) is 20.6. The third-order valence-electron chi connectivity index (χ3n) is 6.05. The minimum atomic E-state index is -0.913. The van der Waals surface area contributed by atoms with Crippen LogP contribution in [0.4, 0.5) is 5.69 Å². The van der Waals surface area contributed by atoms with E-state index >= 15 is 0 Å². The number of amides is 1. The third-order valence-corrected chi connectivity index (χ3v) is 7.24. The standard InChI is InChI=1S/C27H31N3O6S/c1-30-14-13-28-27(30)37-17-22-15-23(19-7-5-18(16-31)6-8-19)36-26(35-22)20-9-11-21(12-10-20)29-24(32)3-2-4-25(33)34/h5-14,22-23,26,31H,2-4,15-17H2,1H3,(H,29,32)(H,33,34)/t22-,23+,26+/m1/s1. The van der Waals surface area contributed by atoms with Crippen LogP contribution in [-0.2, 0) is 32.7 Å². The quantitative estimate of drug-likeness (QED) is 0.314. The number of nitrogens with one attached hydrogen (secondary N) is 1. The summed E-state index contributed by atoms with van der Waals surface area (Å²) in [6, 6.07) is 15.0. The average Bonchev–Trinajstić information content (AvgIpc) is 3.32. The number of imidazole rings is 1. The minimum absolute atomic E-state index is 0.0110. The van der Waals surface area contributed by atoms with Gasteiger partial charge < -0.3 is 29.6 Å². The van der Waals surface area contributed by atoms with Crippen molar-refractivity contribution >= 4 is 29.3 Å². The number of carbonyl (C=O) groups is 2. The summed E-state index contributed by atoms with van der Waals surface area (Å²) in [6.45, 7) is -0.0110. The van der Waals surface area contributed by atoms with Crippen LogP contribution in [0.3, 0.4) is 0 Å². The first-order valence-electron chi connectivity index (χ1n) is 12.1. The van der Waals surface area contributed by atoms with E-state index < -0.39 is 12.3 Å². The molecule has 3 aromatic rings. The minimum Gasteiger partial charge on any atom is -0.481 e. The Morgan fingerprint density at radius 1 is 1.08 bits per heavy atom. The van der Waals surface area contributed by atoms with E-state index in [0.29, 0.717) is 24.3 Å². The van der Waals surface area contributed by atoms with Gasteiger partial charge in [0.2, 0.25) is 5.91 Å². The van der Waals surface area contributed by atoms with E-state index in [9.17, 15) is 14.7 Å². The molecule has 1 aliphatic rings. The van der Waals surface area contributed by atoms with Gasteiger partial charge in [0.15, 0.2) is 11.4 Å². The molecule has 1 aliphatic heterocycles. The number of hydrogen-bond acceptors (Lipinski definition) is 7. The number of benzene rings is 2. The number of carboxylic acids is 1. The molecule has 0 bridgehead atoms. The van der Waals surface area contributed by atoms with Gasteiger partial charge >= 0.3 is 5.97 Å². The van der Waals surface area contributed by atoms with Crippen molar-refractivity contribution in [3.63, 3.8) is 0 Å². The molecule has 1 amide bonds. The van der Waals surface area contributed by atoms with Gasteiger partial charge in [-0.05, 0) is 29.7 Å². The van der Waals surface area contributed by atoms with Crippen LogP contribution < -0.4 is 5.32 Å². The molecule has 196 valence electrons. The fourth-order valence-electron chi connectivity index (χ4n) is 4.03. The Labute approximate surface area is 219 Å². The van der Waals surface area contributed by atoms with Crippen molar-refractivity contribution in [2.45, 2.75) is 55.9 Å². The molecular formula is C27H31N3O6S. The lowest BCUT2D eigenvalue weighted by Crippen LogP contribution is -2.31. The number of aliphatic hydroxyl groups is 1. The summed E-state index contributed by atoms with van der Waals surface area (Å²) in [4.78, 5) is 27.1. The number of anilines is 1. The van der Waals surface area contributed by atoms with Crippen molar-refractivity contribution in [3.8, 4) is 0 Å². The van der Waals surface area contributed by atoms with Crippen LogP contribution >= 0.6 is 11.8 Å². The van der Waals surface area contributed by atoms with E-state index in [4.69, 9.17) is 14.6 Å². The highest BCUT2D eigenvalue weighted by Crippen LogP contribution is 2.39. The molecule has 3 N–H and O–H groups in total. The molecule has 1 aromatic heterocycles. The van der Waals surface area contributed by atoms with Crippen molar-refractivity contribution in [3.05, 3.63) is 77.6 Å². The molecule has 0 saturated carbocycles. The second kappa shape index (κ2) is 12.9. The second-order valence-corrected chi connectivity index (χ2v) is 9.89. The molecule has 3 atom stereocenters. The van der Waals surface area contributed by atoms with Crippen molar-refractivity contribution in [1.82, 2.24) is 9.55 Å². The van der Waals surface area contributed by atoms with E-state index in [1.165, 1.54) is 0 Å². The van der Waals surface area contributed by atoms with Crippen LogP contribution in [0.15, 0.2) is 66.1 Å². The zero-order valence-corrected chi connectivity index (χ0v) is 21.4. The first kappa shape index (κ1) is 26.9. The van der Waals surface area contributed by atoms with Crippen molar-refractivity contribution < 1.29 is 29.3 Å². The van der Waals surface area contributed by atoms with E-state index in [0.717, 1.165) is 21.8 Å². The Kier molecular flexibility index (Phi) is 9.34. The molecule has 1 saturated heterocycles. The Morgan fingerprint density at radius 2 is 1.81 bits per heavy atom. The highest BCUT2D eigenvalue weighted by Gasteiger charge is 2.32. The van der Waals surface area contributed by atoms with Crippen molar-refractivity contribution in [2.75, 3.05) is 11.1 Å². The number of carboxylic acid groups (broad SMARTS) is 1. The van der Waals surface area contributed by atoms with E-state index in [1.807, 2.05) is 54.2 Å². The topological polar surface area (TPSA) is 123 Å². The number of aromatic nitrogens is 2. The van der Waals surface area contributed by atoms with Crippen molar-refractivity contribution in [2.24, 2.45) is 7.05 Å². The Hall–Kier alpha value is -3.18. The molecule has 10 heteroatoms. The molecular weight excluding hydrogens is 494 g/mol. The van der Waals surface area contributed by atoms with Gasteiger partial charge in [-0.2, -0.15) is 0 Å². The summed E-state index contributed by atoms with van der Waals surface area (Å²) in [6.07, 6.45) is 3.90. The number of nitrogens with zero attached hydrogens (tertiary/aromatic N) is 2. The van der Waals surface area contributed by atoms with Crippen LogP contribution in [0.2, 0.25) is 0 Å². The number of carbonyl (C=O) groups excluding carboxylic acids is 1. The summed E-state index contributed by atoms with van der Waals surface area (Å²) in [7, 11) is 1.96. The summed E-state index contributed by atoms with van der Waals surface area (Å²) in [5.74, 6) is -0.429. The number of aliphatic hydroxyl groups excluding tert-OH is 1. The lowest BCUT2D eigenvalue weighted by Gasteiger charge is -2.36. The zero-order chi connectivity index (χ0) is 26.2. The summed E-state index contributed by atoms with van der Waals surface area (Å²) in [5.41, 5.74) is 3.31. The lowest BCUT2D eigenvalue weighted by molar-refractivity contribution is -0.245. The first-order chi connectivity index (χ1) is 17.9. The highest BCUT2D eigenvalue weighted by molar-refractivity contribution is 7.99. The molecule has 0 unspecified atom stereocenters. The van der Waals surface area contributed by atoms with Gasteiger partial charge in [-0.3, -0.25) is 9.59 Å². The van der Waals surface area contributed by atoms with Gasteiger partial charge in [-0.15, -0.1) is 0 Å².